The zero-order valence-corrected chi connectivity index (χ0v) is 9.69. The molecule has 5 nitrogen and oxygen atoms in total. The highest BCUT2D eigenvalue weighted by Crippen LogP contribution is 2.27. The smallest absolute Gasteiger partial charge is 0.238 e. The van der Waals surface area contributed by atoms with Gasteiger partial charge in [0.1, 0.15) is 5.69 Å². The van der Waals surface area contributed by atoms with E-state index in [4.69, 9.17) is 17.3 Å². The number of amides is 1. The maximum atomic E-state index is 11.3. The Balaban J connectivity index is 2.45. The van der Waals surface area contributed by atoms with Crippen LogP contribution in [0.4, 0.5) is 5.69 Å². The van der Waals surface area contributed by atoms with Crippen molar-refractivity contribution < 1.29 is 4.79 Å². The molecule has 0 saturated carbocycles. The number of carbonyl (C=O) groups excluding carboxylic acids is 1. The van der Waals surface area contributed by atoms with Crippen molar-refractivity contribution in [1.82, 2.24) is 9.78 Å². The molecular formula is C11H11ClN4O. The summed E-state index contributed by atoms with van der Waals surface area (Å²) in [5, 5.41) is 7.27. The fourth-order valence-corrected chi connectivity index (χ4v) is 1.71. The number of nitrogens with two attached hydrogens (primary N) is 1. The molecule has 88 valence electrons. The number of anilines is 1. The van der Waals surface area contributed by atoms with Gasteiger partial charge in [0.25, 0.3) is 0 Å². The molecule has 0 aliphatic heterocycles. The number of carbonyl (C=O) groups is 1. The third kappa shape index (κ3) is 2.46. The van der Waals surface area contributed by atoms with Crippen LogP contribution in [0.25, 0.3) is 5.69 Å². The quantitative estimate of drug-likeness (QED) is 0.865. The number of hydrogen-bond donors (Lipinski definition) is 2. The van der Waals surface area contributed by atoms with Crippen LogP contribution in [0.3, 0.4) is 0 Å². The SMILES string of the molecule is NCC(=O)Nc1cccc(Cl)c1-n1cccn1. The zero-order chi connectivity index (χ0) is 12.3. The van der Waals surface area contributed by atoms with E-state index in [1.54, 1.807) is 41.3 Å². The Morgan fingerprint density at radius 3 is 2.94 bits per heavy atom. The molecule has 6 heteroatoms. The van der Waals surface area contributed by atoms with Gasteiger partial charge >= 0.3 is 0 Å². The average Bonchev–Trinajstić information content (AvgIpc) is 2.82. The highest BCUT2D eigenvalue weighted by Gasteiger charge is 2.11. The Morgan fingerprint density at radius 1 is 1.47 bits per heavy atom. The number of nitrogens with zero attached hydrogens (tertiary/aromatic N) is 2. The van der Waals surface area contributed by atoms with Crippen molar-refractivity contribution in [3.05, 3.63) is 41.7 Å². The molecule has 1 heterocycles. The molecule has 0 radical (unpaired) electrons. The van der Waals surface area contributed by atoms with Crippen molar-refractivity contribution in [2.75, 3.05) is 11.9 Å². The van der Waals surface area contributed by atoms with E-state index in [1.807, 2.05) is 0 Å². The predicted octanol–water partition coefficient (Wildman–Crippen LogP) is 1.42. The minimum absolute atomic E-state index is 0.0783. The van der Waals surface area contributed by atoms with Gasteiger partial charge in [-0.05, 0) is 18.2 Å². The van der Waals surface area contributed by atoms with Crippen LogP contribution in [-0.2, 0) is 4.79 Å². The highest BCUT2D eigenvalue weighted by molar-refractivity contribution is 6.33. The van der Waals surface area contributed by atoms with Crippen LogP contribution < -0.4 is 11.1 Å². The molecule has 17 heavy (non-hydrogen) atoms. The predicted molar refractivity (Wildman–Crippen MR) is 66.3 cm³/mol. The molecule has 1 aromatic carbocycles. The number of nitrogens with one attached hydrogen (secondary N) is 1. The Morgan fingerprint density at radius 2 is 2.29 bits per heavy atom. The highest BCUT2D eigenvalue weighted by atomic mass is 35.5. The first-order valence-electron chi connectivity index (χ1n) is 5.01. The second kappa shape index (κ2) is 4.99. The lowest BCUT2D eigenvalue weighted by molar-refractivity contribution is -0.114. The van der Waals surface area contributed by atoms with Crippen LogP contribution in [0, 0.1) is 0 Å². The molecule has 0 fully saturated rings. The molecule has 2 aromatic rings. The first-order valence-corrected chi connectivity index (χ1v) is 5.38. The van der Waals surface area contributed by atoms with E-state index in [1.165, 1.54) is 0 Å². The lowest BCUT2D eigenvalue weighted by Gasteiger charge is -2.12. The minimum Gasteiger partial charge on any atom is -0.323 e. The Labute approximate surface area is 103 Å². The van der Waals surface area contributed by atoms with E-state index in [-0.39, 0.29) is 12.5 Å². The largest absolute Gasteiger partial charge is 0.323 e. The van der Waals surface area contributed by atoms with Gasteiger partial charge in [-0.3, -0.25) is 4.79 Å². The van der Waals surface area contributed by atoms with Crippen LogP contribution in [0.15, 0.2) is 36.7 Å². The molecule has 0 saturated heterocycles. The maximum absolute atomic E-state index is 11.3. The number of halogens is 1. The van der Waals surface area contributed by atoms with Crippen molar-refractivity contribution in [3.63, 3.8) is 0 Å². The van der Waals surface area contributed by atoms with Gasteiger partial charge in [-0.25, -0.2) is 4.68 Å². The van der Waals surface area contributed by atoms with Crippen LogP contribution in [-0.4, -0.2) is 22.2 Å². The summed E-state index contributed by atoms with van der Waals surface area (Å²) in [6.07, 6.45) is 3.39. The van der Waals surface area contributed by atoms with Crippen LogP contribution >= 0.6 is 11.6 Å². The number of hydrogen-bond acceptors (Lipinski definition) is 3. The molecule has 0 atom stereocenters. The molecular weight excluding hydrogens is 240 g/mol. The Bertz CT molecular complexity index is 524. The van der Waals surface area contributed by atoms with Crippen LogP contribution in [0.1, 0.15) is 0 Å². The van der Waals surface area contributed by atoms with E-state index in [9.17, 15) is 4.79 Å². The summed E-state index contributed by atoms with van der Waals surface area (Å²) in [7, 11) is 0. The number of benzene rings is 1. The Kier molecular flexibility index (Phi) is 3.41. The van der Waals surface area contributed by atoms with Crippen molar-refractivity contribution in [2.45, 2.75) is 0 Å². The first-order chi connectivity index (χ1) is 8.22. The molecule has 1 amide bonds. The van der Waals surface area contributed by atoms with Crippen LogP contribution in [0.5, 0.6) is 0 Å². The molecule has 0 spiro atoms. The Hall–Kier alpha value is -1.85. The maximum Gasteiger partial charge on any atom is 0.238 e. The summed E-state index contributed by atoms with van der Waals surface area (Å²) < 4.78 is 1.59. The molecule has 0 unspecified atom stereocenters. The van der Waals surface area contributed by atoms with E-state index in [2.05, 4.69) is 10.4 Å². The van der Waals surface area contributed by atoms with Gasteiger partial charge in [-0.2, -0.15) is 5.10 Å². The van der Waals surface area contributed by atoms with E-state index >= 15 is 0 Å². The lowest BCUT2D eigenvalue weighted by atomic mass is 10.2. The van der Waals surface area contributed by atoms with Gasteiger partial charge in [0.15, 0.2) is 0 Å². The van der Waals surface area contributed by atoms with Crippen molar-refractivity contribution in [1.29, 1.82) is 0 Å². The minimum atomic E-state index is -0.277. The fraction of sp³-hybridized carbons (Fsp3) is 0.0909. The summed E-state index contributed by atoms with van der Waals surface area (Å²) in [6, 6.07) is 7.01. The lowest BCUT2D eigenvalue weighted by Crippen LogP contribution is -2.22. The van der Waals surface area contributed by atoms with Gasteiger partial charge in [0, 0.05) is 12.4 Å². The molecule has 1 aromatic heterocycles. The van der Waals surface area contributed by atoms with E-state index in [0.29, 0.717) is 16.4 Å². The molecule has 0 aliphatic carbocycles. The monoisotopic (exact) mass is 250 g/mol. The van der Waals surface area contributed by atoms with Crippen molar-refractivity contribution in [2.24, 2.45) is 5.73 Å². The molecule has 2 rings (SSSR count). The number of rotatable bonds is 3. The third-order valence-corrected chi connectivity index (χ3v) is 2.48. The third-order valence-electron chi connectivity index (χ3n) is 2.18. The van der Waals surface area contributed by atoms with Gasteiger partial charge in [0.2, 0.25) is 5.91 Å². The summed E-state index contributed by atoms with van der Waals surface area (Å²) in [5.74, 6) is -0.277. The van der Waals surface area contributed by atoms with E-state index in [0.717, 1.165) is 0 Å². The molecule has 0 aliphatic rings. The van der Waals surface area contributed by atoms with Gasteiger partial charge in [-0.1, -0.05) is 17.7 Å². The molecule has 0 bridgehead atoms. The van der Waals surface area contributed by atoms with Crippen molar-refractivity contribution in [3.8, 4) is 5.69 Å². The van der Waals surface area contributed by atoms with Gasteiger partial charge < -0.3 is 11.1 Å². The van der Waals surface area contributed by atoms with Gasteiger partial charge in [-0.15, -0.1) is 0 Å². The van der Waals surface area contributed by atoms with Crippen LogP contribution in [0.2, 0.25) is 5.02 Å². The topological polar surface area (TPSA) is 72.9 Å². The standard InChI is InChI=1S/C11H11ClN4O/c12-8-3-1-4-9(15-10(17)7-13)11(8)16-6-2-5-14-16/h1-6H,7,13H2,(H,15,17). The number of para-hydroxylation sites is 1. The summed E-state index contributed by atoms with van der Waals surface area (Å²) >= 11 is 6.10. The average molecular weight is 251 g/mol. The fourth-order valence-electron chi connectivity index (χ4n) is 1.45. The normalized spacial score (nSPS) is 10.2. The van der Waals surface area contributed by atoms with Gasteiger partial charge in [0.05, 0.1) is 17.3 Å². The second-order valence-corrected chi connectivity index (χ2v) is 3.75. The first kappa shape index (κ1) is 11.6. The number of aromatic nitrogens is 2. The van der Waals surface area contributed by atoms with Crippen molar-refractivity contribution >= 4 is 23.2 Å². The summed E-state index contributed by atoms with van der Waals surface area (Å²) in [4.78, 5) is 11.3. The zero-order valence-electron chi connectivity index (χ0n) is 8.93. The summed E-state index contributed by atoms with van der Waals surface area (Å²) in [5.41, 5.74) is 6.47. The van der Waals surface area contributed by atoms with E-state index < -0.39 is 0 Å². The summed E-state index contributed by atoms with van der Waals surface area (Å²) in [6.45, 7) is -0.0783. The second-order valence-electron chi connectivity index (χ2n) is 3.34. The molecule has 3 N–H and O–H groups in total.